The molecular formula is C20H26NO6P. The summed E-state index contributed by atoms with van der Waals surface area (Å²) < 4.78 is 26.5. The van der Waals surface area contributed by atoms with E-state index in [0.717, 1.165) is 5.75 Å². The lowest BCUT2D eigenvalue weighted by atomic mass is 9.98. The molecule has 1 aromatic heterocycles. The van der Waals surface area contributed by atoms with Gasteiger partial charge in [-0.1, -0.05) is 12.0 Å². The van der Waals surface area contributed by atoms with E-state index in [9.17, 15) is 4.57 Å². The van der Waals surface area contributed by atoms with Crippen LogP contribution < -0.4 is 10.5 Å². The van der Waals surface area contributed by atoms with Crippen molar-refractivity contribution in [3.8, 4) is 17.6 Å². The van der Waals surface area contributed by atoms with E-state index in [0.29, 0.717) is 24.4 Å². The van der Waals surface area contributed by atoms with Crippen molar-refractivity contribution < 1.29 is 28.0 Å². The van der Waals surface area contributed by atoms with Gasteiger partial charge in [0.25, 0.3) is 0 Å². The maximum atomic E-state index is 10.8. The number of benzene rings is 1. The van der Waals surface area contributed by atoms with E-state index >= 15 is 0 Å². The fourth-order valence-electron chi connectivity index (χ4n) is 2.34. The lowest BCUT2D eigenvalue weighted by Gasteiger charge is -2.23. The van der Waals surface area contributed by atoms with Crippen LogP contribution in [-0.4, -0.2) is 28.5 Å². The molecule has 28 heavy (non-hydrogen) atoms. The zero-order valence-electron chi connectivity index (χ0n) is 16.3. The minimum absolute atomic E-state index is 0.249. The zero-order chi connectivity index (χ0) is 20.8. The Bertz CT molecular complexity index is 903. The third kappa shape index (κ3) is 7.89. The minimum Gasteiger partial charge on any atom is -0.481 e. The van der Waals surface area contributed by atoms with Gasteiger partial charge in [-0.2, -0.15) is 0 Å². The van der Waals surface area contributed by atoms with Crippen LogP contribution in [0.25, 0.3) is 0 Å². The number of aryl methyl sites for hydroxylation is 3. The number of hydrogen-bond donors (Lipinski definition) is 3. The fourth-order valence-corrected chi connectivity index (χ4v) is 2.80. The first-order valence-electron chi connectivity index (χ1n) is 8.81. The third-order valence-electron chi connectivity index (χ3n) is 4.17. The average molecular weight is 407 g/mol. The smallest absolute Gasteiger partial charge is 0.469 e. The number of phosphoric ester groups is 1. The van der Waals surface area contributed by atoms with Crippen molar-refractivity contribution in [3.05, 3.63) is 53.0 Å². The van der Waals surface area contributed by atoms with Gasteiger partial charge >= 0.3 is 7.82 Å². The lowest BCUT2D eigenvalue weighted by molar-refractivity contribution is 0.154. The molecule has 1 heterocycles. The highest BCUT2D eigenvalue weighted by atomic mass is 31.2. The Balaban J connectivity index is 1.81. The second kappa shape index (κ2) is 9.42. The van der Waals surface area contributed by atoms with E-state index in [1.807, 2.05) is 32.0 Å². The van der Waals surface area contributed by atoms with Crippen LogP contribution in [0.5, 0.6) is 5.75 Å². The van der Waals surface area contributed by atoms with Crippen molar-refractivity contribution in [2.24, 2.45) is 5.73 Å². The summed E-state index contributed by atoms with van der Waals surface area (Å²) in [6, 6.07) is 9.45. The number of ether oxygens (including phenoxy) is 1. The van der Waals surface area contributed by atoms with Crippen LogP contribution >= 0.6 is 7.82 Å². The summed E-state index contributed by atoms with van der Waals surface area (Å²) in [5.41, 5.74) is 7.49. The van der Waals surface area contributed by atoms with Crippen molar-refractivity contribution in [2.45, 2.75) is 39.2 Å². The largest absolute Gasteiger partial charge is 0.481 e. The average Bonchev–Trinajstić information content (AvgIpc) is 3.06. The molecule has 0 fully saturated rings. The molecule has 0 aliphatic carbocycles. The number of phosphoric acid groups is 1. The molecule has 0 unspecified atom stereocenters. The van der Waals surface area contributed by atoms with Gasteiger partial charge in [0.15, 0.2) is 5.76 Å². The van der Waals surface area contributed by atoms with E-state index in [4.69, 9.17) is 24.7 Å². The molecule has 0 bridgehead atoms. The lowest BCUT2D eigenvalue weighted by Crippen LogP contribution is -2.41. The molecule has 1 aromatic carbocycles. The van der Waals surface area contributed by atoms with E-state index in [-0.39, 0.29) is 13.2 Å². The quantitative estimate of drug-likeness (QED) is 0.455. The summed E-state index contributed by atoms with van der Waals surface area (Å²) in [6.07, 6.45) is 0.932. The maximum absolute atomic E-state index is 10.8. The van der Waals surface area contributed by atoms with Gasteiger partial charge in [0.1, 0.15) is 18.1 Å². The van der Waals surface area contributed by atoms with E-state index < -0.39 is 13.4 Å². The second-order valence-electron chi connectivity index (χ2n) is 7.02. The van der Waals surface area contributed by atoms with Crippen molar-refractivity contribution in [2.75, 3.05) is 13.2 Å². The molecule has 1 atom stereocenters. The molecule has 0 radical (unpaired) electrons. The minimum atomic E-state index is -4.53. The molecule has 0 saturated carbocycles. The van der Waals surface area contributed by atoms with Crippen LogP contribution in [-0.2, 0) is 15.5 Å². The second-order valence-corrected chi connectivity index (χ2v) is 8.26. The molecule has 0 spiro atoms. The summed E-state index contributed by atoms with van der Waals surface area (Å²) in [5.74, 6) is 7.79. The molecule has 2 aromatic rings. The molecule has 0 amide bonds. The Labute approximate surface area is 165 Å². The summed E-state index contributed by atoms with van der Waals surface area (Å²) >= 11 is 0. The predicted molar refractivity (Wildman–Crippen MR) is 106 cm³/mol. The Morgan fingerprint density at radius 1 is 1.21 bits per heavy atom. The van der Waals surface area contributed by atoms with Crippen LogP contribution in [0.1, 0.15) is 36.0 Å². The molecule has 0 aliphatic heterocycles. The molecule has 0 aliphatic rings. The normalized spacial score (nSPS) is 13.5. The van der Waals surface area contributed by atoms with E-state index in [1.54, 1.807) is 19.1 Å². The molecule has 4 N–H and O–H groups in total. The molecule has 2 rings (SSSR count). The van der Waals surface area contributed by atoms with E-state index in [2.05, 4.69) is 16.4 Å². The first-order valence-corrected chi connectivity index (χ1v) is 10.3. The third-order valence-corrected chi connectivity index (χ3v) is 4.63. The summed E-state index contributed by atoms with van der Waals surface area (Å²) in [5, 5.41) is 0. The number of hydrogen-bond acceptors (Lipinski definition) is 5. The van der Waals surface area contributed by atoms with Gasteiger partial charge in [0.05, 0.1) is 6.61 Å². The van der Waals surface area contributed by atoms with Crippen LogP contribution in [0, 0.1) is 25.7 Å². The Morgan fingerprint density at radius 2 is 1.96 bits per heavy atom. The molecular weight excluding hydrogens is 381 g/mol. The predicted octanol–water partition coefficient (Wildman–Crippen LogP) is 3.09. The maximum Gasteiger partial charge on any atom is 0.469 e. The highest BCUT2D eigenvalue weighted by Crippen LogP contribution is 2.36. The van der Waals surface area contributed by atoms with Gasteiger partial charge in [-0.3, -0.25) is 4.52 Å². The first-order chi connectivity index (χ1) is 13.0. The zero-order valence-corrected chi connectivity index (χ0v) is 17.2. The van der Waals surface area contributed by atoms with Gasteiger partial charge in [0, 0.05) is 12.0 Å². The van der Waals surface area contributed by atoms with Crippen LogP contribution in [0.3, 0.4) is 0 Å². The van der Waals surface area contributed by atoms with Crippen LogP contribution in [0.15, 0.2) is 34.7 Å². The SMILES string of the molecule is Cc1ccc(OCC#Cc2ccc(CC[C@@](C)(N)COP(=O)(O)O)o2)cc1C. The van der Waals surface area contributed by atoms with Crippen LogP contribution in [0.4, 0.5) is 0 Å². The highest BCUT2D eigenvalue weighted by molar-refractivity contribution is 7.46. The fraction of sp³-hybridized carbons (Fsp3) is 0.400. The van der Waals surface area contributed by atoms with Crippen molar-refractivity contribution in [3.63, 3.8) is 0 Å². The summed E-state index contributed by atoms with van der Waals surface area (Å²) in [7, 11) is -4.53. The summed E-state index contributed by atoms with van der Waals surface area (Å²) in [6.45, 7) is 5.74. The van der Waals surface area contributed by atoms with Crippen molar-refractivity contribution in [1.82, 2.24) is 0 Å². The van der Waals surface area contributed by atoms with E-state index in [1.165, 1.54) is 11.1 Å². The Kier molecular flexibility index (Phi) is 7.48. The molecule has 7 nitrogen and oxygen atoms in total. The molecule has 152 valence electrons. The Hall–Kier alpha value is -2.07. The number of furan rings is 1. The number of nitrogens with two attached hydrogens (primary N) is 1. The molecule has 0 saturated heterocycles. The highest BCUT2D eigenvalue weighted by Gasteiger charge is 2.24. The van der Waals surface area contributed by atoms with Crippen LogP contribution in [0.2, 0.25) is 0 Å². The first kappa shape index (κ1) is 22.2. The van der Waals surface area contributed by atoms with Gasteiger partial charge < -0.3 is 24.7 Å². The molecule has 8 heteroatoms. The summed E-state index contributed by atoms with van der Waals surface area (Å²) in [4.78, 5) is 17.5. The number of rotatable bonds is 8. The Morgan fingerprint density at radius 3 is 2.64 bits per heavy atom. The van der Waals surface area contributed by atoms with Gasteiger partial charge in [-0.15, -0.1) is 0 Å². The monoisotopic (exact) mass is 407 g/mol. The van der Waals surface area contributed by atoms with Gasteiger partial charge in [0.2, 0.25) is 0 Å². The van der Waals surface area contributed by atoms with Crippen molar-refractivity contribution >= 4 is 7.82 Å². The standard InChI is InChI=1S/C20H26NO6P/c1-15-6-7-19(13-16(15)2)25-12-4-5-17-8-9-18(27-17)10-11-20(3,21)14-26-28(22,23)24/h6-9,13H,10-12,14,21H2,1-3H3,(H2,22,23,24)/t20-/m1/s1. The van der Waals surface area contributed by atoms with Gasteiger partial charge in [-0.05, 0) is 68.5 Å². The van der Waals surface area contributed by atoms with Gasteiger partial charge in [-0.25, -0.2) is 4.57 Å². The topological polar surface area (TPSA) is 115 Å². The van der Waals surface area contributed by atoms with Crippen molar-refractivity contribution in [1.29, 1.82) is 0 Å².